The lowest BCUT2D eigenvalue weighted by Gasteiger charge is -2.24. The number of esters is 1. The average molecular weight is 736 g/mol. The first kappa shape index (κ1) is 50.6. The van der Waals surface area contributed by atoms with E-state index in [1.165, 1.54) is 141 Å². The number of unbranched alkanes of at least 4 members (excludes halogenated alkanes) is 27. The average Bonchev–Trinajstić information content (AvgIpc) is 3.13. The molecular formula is C46H89NO5. The molecule has 6 heteroatoms. The van der Waals surface area contributed by atoms with Crippen molar-refractivity contribution in [2.24, 2.45) is 0 Å². The number of aliphatic hydroxyl groups excluding tert-OH is 2. The van der Waals surface area contributed by atoms with Gasteiger partial charge in [-0.05, 0) is 44.9 Å². The number of aliphatic hydroxyl groups is 2. The van der Waals surface area contributed by atoms with Crippen LogP contribution in [0.15, 0.2) is 12.2 Å². The van der Waals surface area contributed by atoms with Gasteiger partial charge >= 0.3 is 5.97 Å². The van der Waals surface area contributed by atoms with Crippen molar-refractivity contribution in [3.8, 4) is 0 Å². The maximum atomic E-state index is 13.1. The van der Waals surface area contributed by atoms with E-state index in [0.717, 1.165) is 57.8 Å². The Labute approximate surface area is 323 Å². The number of carbonyl (C=O) groups excluding carboxylic acids is 2. The van der Waals surface area contributed by atoms with Crippen molar-refractivity contribution in [1.29, 1.82) is 0 Å². The fraction of sp³-hybridized carbons (Fsp3) is 0.913. The Morgan fingerprint density at radius 1 is 0.538 bits per heavy atom. The summed E-state index contributed by atoms with van der Waals surface area (Å²) in [7, 11) is 0. The third kappa shape index (κ3) is 35.6. The first-order chi connectivity index (χ1) is 25.5. The van der Waals surface area contributed by atoms with E-state index in [0.29, 0.717) is 19.3 Å². The van der Waals surface area contributed by atoms with E-state index in [9.17, 15) is 19.8 Å². The highest BCUT2D eigenvalue weighted by atomic mass is 16.5. The Bertz CT molecular complexity index is 787. The first-order valence-corrected chi connectivity index (χ1v) is 22.9. The molecule has 308 valence electrons. The number of allylic oxidation sites excluding steroid dienone is 2. The van der Waals surface area contributed by atoms with Crippen molar-refractivity contribution in [2.45, 2.75) is 264 Å². The van der Waals surface area contributed by atoms with Gasteiger partial charge in [0.2, 0.25) is 5.91 Å². The molecule has 0 saturated carbocycles. The Balaban J connectivity index is 4.58. The van der Waals surface area contributed by atoms with Crippen LogP contribution in [0.3, 0.4) is 0 Å². The van der Waals surface area contributed by atoms with E-state index in [1.807, 2.05) is 0 Å². The molecule has 0 spiro atoms. The number of ether oxygens (including phenoxy) is 1. The molecule has 0 aromatic rings. The topological polar surface area (TPSA) is 95.9 Å². The van der Waals surface area contributed by atoms with Gasteiger partial charge in [-0.2, -0.15) is 0 Å². The van der Waals surface area contributed by atoms with E-state index in [2.05, 4.69) is 38.2 Å². The van der Waals surface area contributed by atoms with Crippen LogP contribution in [0.2, 0.25) is 0 Å². The molecule has 6 nitrogen and oxygen atoms in total. The quantitative estimate of drug-likeness (QED) is 0.0330. The number of nitrogens with one attached hydrogen (secondary N) is 1. The zero-order valence-electron chi connectivity index (χ0n) is 35.0. The van der Waals surface area contributed by atoms with E-state index in [1.54, 1.807) is 0 Å². The summed E-state index contributed by atoms with van der Waals surface area (Å²) in [6.07, 6.45) is 42.7. The molecule has 3 unspecified atom stereocenters. The van der Waals surface area contributed by atoms with Crippen molar-refractivity contribution >= 4 is 11.9 Å². The van der Waals surface area contributed by atoms with Crippen LogP contribution in [0, 0.1) is 0 Å². The minimum Gasteiger partial charge on any atom is -0.462 e. The standard InChI is InChI=1S/C46H89NO5/c1-4-7-10-13-16-19-21-22-24-26-28-31-34-37-42(52-46(51)39-36-33-30-27-23-20-17-14-11-8-5-2)40-45(50)47-43(41-48)44(49)38-35-32-29-25-18-15-12-9-6-3/h14,17,42-44,48-49H,4-13,15-16,18-41H2,1-3H3,(H,47,50)/b17-14-. The lowest BCUT2D eigenvalue weighted by molar-refractivity contribution is -0.151. The molecular weight excluding hydrogens is 647 g/mol. The molecule has 0 aliphatic heterocycles. The molecule has 0 rings (SSSR count). The van der Waals surface area contributed by atoms with Crippen LogP contribution in [-0.2, 0) is 14.3 Å². The monoisotopic (exact) mass is 736 g/mol. The van der Waals surface area contributed by atoms with Crippen LogP contribution in [0.1, 0.15) is 245 Å². The molecule has 1 amide bonds. The number of hydrogen-bond acceptors (Lipinski definition) is 5. The predicted octanol–water partition coefficient (Wildman–Crippen LogP) is 13.0. The molecule has 0 fully saturated rings. The molecule has 0 aromatic heterocycles. The Morgan fingerprint density at radius 3 is 1.42 bits per heavy atom. The summed E-state index contributed by atoms with van der Waals surface area (Å²) < 4.78 is 5.90. The molecule has 3 atom stereocenters. The Hall–Kier alpha value is -1.40. The van der Waals surface area contributed by atoms with Gasteiger partial charge in [-0.15, -0.1) is 0 Å². The molecule has 0 aliphatic rings. The highest BCUT2D eigenvalue weighted by Crippen LogP contribution is 2.18. The number of amides is 1. The van der Waals surface area contributed by atoms with E-state index < -0.39 is 18.2 Å². The van der Waals surface area contributed by atoms with Crippen LogP contribution in [0.25, 0.3) is 0 Å². The van der Waals surface area contributed by atoms with Crippen molar-refractivity contribution < 1.29 is 24.5 Å². The molecule has 3 N–H and O–H groups in total. The molecule has 0 bridgehead atoms. The van der Waals surface area contributed by atoms with Gasteiger partial charge in [-0.25, -0.2) is 0 Å². The minimum absolute atomic E-state index is 0.0804. The fourth-order valence-electron chi connectivity index (χ4n) is 7.06. The molecule has 0 aliphatic carbocycles. The molecule has 0 radical (unpaired) electrons. The summed E-state index contributed by atoms with van der Waals surface area (Å²) in [5, 5.41) is 23.6. The normalized spacial score (nSPS) is 13.4. The minimum atomic E-state index is -0.780. The van der Waals surface area contributed by atoms with E-state index in [4.69, 9.17) is 4.74 Å². The lowest BCUT2D eigenvalue weighted by atomic mass is 10.0. The smallest absolute Gasteiger partial charge is 0.306 e. The number of hydrogen-bond donors (Lipinski definition) is 3. The summed E-state index contributed by atoms with van der Waals surface area (Å²) in [5.41, 5.74) is 0. The third-order valence-electron chi connectivity index (χ3n) is 10.6. The van der Waals surface area contributed by atoms with Gasteiger partial charge in [-0.1, -0.05) is 200 Å². The van der Waals surface area contributed by atoms with Gasteiger partial charge in [0.15, 0.2) is 0 Å². The Kier molecular flexibility index (Phi) is 39.7. The molecule has 0 saturated heterocycles. The van der Waals surface area contributed by atoms with Gasteiger partial charge in [0.05, 0.1) is 25.2 Å². The fourth-order valence-corrected chi connectivity index (χ4v) is 7.06. The van der Waals surface area contributed by atoms with Crippen LogP contribution in [-0.4, -0.2) is 46.9 Å². The highest BCUT2D eigenvalue weighted by Gasteiger charge is 2.24. The number of carbonyl (C=O) groups is 2. The van der Waals surface area contributed by atoms with Crippen molar-refractivity contribution in [3.63, 3.8) is 0 Å². The van der Waals surface area contributed by atoms with Crippen LogP contribution < -0.4 is 5.32 Å². The van der Waals surface area contributed by atoms with E-state index in [-0.39, 0.29) is 24.9 Å². The van der Waals surface area contributed by atoms with E-state index >= 15 is 0 Å². The highest BCUT2D eigenvalue weighted by molar-refractivity contribution is 5.77. The second-order valence-electron chi connectivity index (χ2n) is 15.8. The van der Waals surface area contributed by atoms with Gasteiger partial charge in [0.1, 0.15) is 6.10 Å². The van der Waals surface area contributed by atoms with Crippen molar-refractivity contribution in [1.82, 2.24) is 5.32 Å². The zero-order chi connectivity index (χ0) is 38.2. The first-order valence-electron chi connectivity index (χ1n) is 22.9. The SMILES string of the molecule is CCCC/C=C\CCCCCCCC(=O)OC(CCCCCCCCCCCCCCC)CC(=O)NC(CO)C(O)CCCCCCCCCCC. The zero-order valence-corrected chi connectivity index (χ0v) is 35.0. The summed E-state index contributed by atoms with van der Waals surface area (Å²) in [6, 6.07) is -0.693. The van der Waals surface area contributed by atoms with Crippen LogP contribution in [0.5, 0.6) is 0 Å². The van der Waals surface area contributed by atoms with Crippen LogP contribution >= 0.6 is 0 Å². The largest absolute Gasteiger partial charge is 0.462 e. The second-order valence-corrected chi connectivity index (χ2v) is 15.8. The summed E-state index contributed by atoms with van der Waals surface area (Å²) in [4.78, 5) is 25.9. The summed E-state index contributed by atoms with van der Waals surface area (Å²) in [6.45, 7) is 6.42. The van der Waals surface area contributed by atoms with Crippen molar-refractivity contribution in [2.75, 3.05) is 6.61 Å². The predicted molar refractivity (Wildman–Crippen MR) is 223 cm³/mol. The second kappa shape index (κ2) is 40.8. The van der Waals surface area contributed by atoms with Gasteiger partial charge in [0, 0.05) is 6.42 Å². The maximum Gasteiger partial charge on any atom is 0.306 e. The molecule has 0 aromatic carbocycles. The maximum absolute atomic E-state index is 13.1. The van der Waals surface area contributed by atoms with Crippen LogP contribution in [0.4, 0.5) is 0 Å². The summed E-state index contributed by atoms with van der Waals surface area (Å²) in [5.74, 6) is -0.475. The van der Waals surface area contributed by atoms with Gasteiger partial charge < -0.3 is 20.3 Å². The molecule has 0 heterocycles. The van der Waals surface area contributed by atoms with Crippen molar-refractivity contribution in [3.05, 3.63) is 12.2 Å². The lowest BCUT2D eigenvalue weighted by Crippen LogP contribution is -2.46. The Morgan fingerprint density at radius 2 is 0.942 bits per heavy atom. The number of rotatable bonds is 41. The molecule has 52 heavy (non-hydrogen) atoms. The summed E-state index contributed by atoms with van der Waals surface area (Å²) >= 11 is 0. The van der Waals surface area contributed by atoms with Gasteiger partial charge in [-0.3, -0.25) is 9.59 Å². The third-order valence-corrected chi connectivity index (χ3v) is 10.6. The van der Waals surface area contributed by atoms with Gasteiger partial charge in [0.25, 0.3) is 0 Å².